The smallest absolute Gasteiger partial charge is 0.127 e. The van der Waals surface area contributed by atoms with Crippen LogP contribution in [0.1, 0.15) is 25.2 Å². The van der Waals surface area contributed by atoms with Crippen LogP contribution in [0.4, 0.5) is 10.1 Å². The summed E-state index contributed by atoms with van der Waals surface area (Å²) < 4.78 is 15.1. The lowest BCUT2D eigenvalue weighted by atomic mass is 10.2. The Morgan fingerprint density at radius 1 is 1.18 bits per heavy atom. The number of aromatic nitrogens is 2. The first-order valence-corrected chi connectivity index (χ1v) is 5.78. The van der Waals surface area contributed by atoms with E-state index < -0.39 is 0 Å². The Morgan fingerprint density at radius 3 is 2.53 bits per heavy atom. The highest BCUT2D eigenvalue weighted by Gasteiger charge is 2.08. The molecule has 0 fully saturated rings. The molecule has 1 heterocycles. The minimum atomic E-state index is -0.337. The van der Waals surface area contributed by atoms with Crippen LogP contribution in [0.2, 0.25) is 0 Å². The average Bonchev–Trinajstić information content (AvgIpc) is 2.70. The topological polar surface area (TPSA) is 43.8 Å². The molecule has 1 aromatic carbocycles. The van der Waals surface area contributed by atoms with Gasteiger partial charge in [-0.25, -0.2) is 9.07 Å². The fourth-order valence-electron chi connectivity index (χ4n) is 1.84. The Hall–Kier alpha value is -1.84. The minimum Gasteiger partial charge on any atom is -0.399 e. The van der Waals surface area contributed by atoms with Crippen molar-refractivity contribution in [3.05, 3.63) is 41.5 Å². The van der Waals surface area contributed by atoms with E-state index in [9.17, 15) is 4.39 Å². The molecule has 2 aromatic rings. The summed E-state index contributed by atoms with van der Waals surface area (Å²) in [6, 6.07) is 6.52. The highest BCUT2D eigenvalue weighted by molar-refractivity contribution is 5.48. The predicted octanol–water partition coefficient (Wildman–Crippen LogP) is 2.72. The Labute approximate surface area is 100 Å². The maximum absolute atomic E-state index is 13.3. The highest BCUT2D eigenvalue weighted by Crippen LogP contribution is 2.18. The number of halogens is 1. The molecule has 0 unspecified atom stereocenters. The van der Waals surface area contributed by atoms with Gasteiger partial charge in [-0.2, -0.15) is 5.10 Å². The van der Waals surface area contributed by atoms with Crippen molar-refractivity contribution in [3.63, 3.8) is 0 Å². The standard InChI is InChI=1S/C13H16FN3/c1-3-11-8-12(4-2)17(16-11)13-6-9(14)5-10(15)7-13/h5-8H,3-4,15H2,1-2H3. The molecule has 0 aliphatic heterocycles. The van der Waals surface area contributed by atoms with Crippen molar-refractivity contribution in [1.29, 1.82) is 0 Å². The molecule has 0 aliphatic carbocycles. The SMILES string of the molecule is CCc1cc(CC)n(-c2cc(N)cc(F)c2)n1. The van der Waals surface area contributed by atoms with Crippen LogP contribution in [0, 0.1) is 5.82 Å². The number of aryl methyl sites for hydroxylation is 2. The van der Waals surface area contributed by atoms with E-state index in [2.05, 4.69) is 12.0 Å². The quantitative estimate of drug-likeness (QED) is 0.828. The molecule has 90 valence electrons. The van der Waals surface area contributed by atoms with Crippen molar-refractivity contribution in [2.75, 3.05) is 5.73 Å². The van der Waals surface area contributed by atoms with Gasteiger partial charge in [-0.3, -0.25) is 0 Å². The third kappa shape index (κ3) is 2.30. The lowest BCUT2D eigenvalue weighted by Crippen LogP contribution is -2.03. The van der Waals surface area contributed by atoms with Crippen LogP contribution < -0.4 is 5.73 Å². The molecule has 0 spiro atoms. The number of hydrogen-bond donors (Lipinski definition) is 1. The lowest BCUT2D eigenvalue weighted by Gasteiger charge is -2.07. The largest absolute Gasteiger partial charge is 0.399 e. The molecule has 17 heavy (non-hydrogen) atoms. The van der Waals surface area contributed by atoms with Gasteiger partial charge in [0.2, 0.25) is 0 Å². The molecule has 0 bridgehead atoms. The van der Waals surface area contributed by atoms with Crippen LogP contribution in [0.25, 0.3) is 5.69 Å². The molecule has 2 rings (SSSR count). The minimum absolute atomic E-state index is 0.337. The molecule has 4 heteroatoms. The molecule has 0 atom stereocenters. The van der Waals surface area contributed by atoms with E-state index >= 15 is 0 Å². The zero-order valence-electron chi connectivity index (χ0n) is 10.1. The zero-order chi connectivity index (χ0) is 12.4. The van der Waals surface area contributed by atoms with Gasteiger partial charge in [0, 0.05) is 11.4 Å². The molecule has 1 aromatic heterocycles. The molecule has 0 amide bonds. The second-order valence-electron chi connectivity index (χ2n) is 3.99. The van der Waals surface area contributed by atoms with Crippen molar-refractivity contribution in [2.45, 2.75) is 26.7 Å². The molecule has 0 saturated heterocycles. The molecule has 0 aliphatic rings. The van der Waals surface area contributed by atoms with Crippen molar-refractivity contribution in [2.24, 2.45) is 0 Å². The van der Waals surface area contributed by atoms with Gasteiger partial charge in [0.05, 0.1) is 11.4 Å². The van der Waals surface area contributed by atoms with Crippen molar-refractivity contribution < 1.29 is 4.39 Å². The van der Waals surface area contributed by atoms with Gasteiger partial charge < -0.3 is 5.73 Å². The number of nitrogens with zero attached hydrogens (tertiary/aromatic N) is 2. The van der Waals surface area contributed by atoms with Gasteiger partial charge in [-0.1, -0.05) is 13.8 Å². The molecule has 2 N–H and O–H groups in total. The van der Waals surface area contributed by atoms with Gasteiger partial charge in [0.15, 0.2) is 0 Å². The van der Waals surface area contributed by atoms with Crippen LogP contribution in [-0.2, 0) is 12.8 Å². The zero-order valence-corrected chi connectivity index (χ0v) is 10.1. The van der Waals surface area contributed by atoms with Gasteiger partial charge in [0.1, 0.15) is 5.82 Å². The van der Waals surface area contributed by atoms with Crippen molar-refractivity contribution in [3.8, 4) is 5.69 Å². The summed E-state index contributed by atoms with van der Waals surface area (Å²) in [6.45, 7) is 4.10. The molecular weight excluding hydrogens is 217 g/mol. The van der Waals surface area contributed by atoms with E-state index in [-0.39, 0.29) is 5.82 Å². The first-order valence-electron chi connectivity index (χ1n) is 5.78. The highest BCUT2D eigenvalue weighted by atomic mass is 19.1. The third-order valence-corrected chi connectivity index (χ3v) is 2.71. The monoisotopic (exact) mass is 233 g/mol. The molecule has 0 radical (unpaired) electrons. The number of nitrogens with two attached hydrogens (primary N) is 1. The van der Waals surface area contributed by atoms with Crippen LogP contribution in [0.5, 0.6) is 0 Å². The maximum atomic E-state index is 13.3. The first-order chi connectivity index (χ1) is 8.13. The van der Waals surface area contributed by atoms with Crippen LogP contribution >= 0.6 is 0 Å². The summed E-state index contributed by atoms with van der Waals surface area (Å²) in [5, 5.41) is 4.45. The third-order valence-electron chi connectivity index (χ3n) is 2.71. The number of benzene rings is 1. The maximum Gasteiger partial charge on any atom is 0.127 e. The van der Waals surface area contributed by atoms with Gasteiger partial charge in [0.25, 0.3) is 0 Å². The molecule has 3 nitrogen and oxygen atoms in total. The van der Waals surface area contributed by atoms with Crippen molar-refractivity contribution in [1.82, 2.24) is 9.78 Å². The second kappa shape index (κ2) is 4.57. The number of rotatable bonds is 3. The normalized spacial score (nSPS) is 10.8. The Balaban J connectivity index is 2.54. The summed E-state index contributed by atoms with van der Waals surface area (Å²) in [5.41, 5.74) is 8.81. The summed E-state index contributed by atoms with van der Waals surface area (Å²) in [4.78, 5) is 0. The second-order valence-corrected chi connectivity index (χ2v) is 3.99. The van der Waals surface area contributed by atoms with Crippen LogP contribution in [0.15, 0.2) is 24.3 Å². The van der Waals surface area contributed by atoms with E-state index in [4.69, 9.17) is 5.73 Å². The van der Waals surface area contributed by atoms with Crippen LogP contribution in [0.3, 0.4) is 0 Å². The number of anilines is 1. The lowest BCUT2D eigenvalue weighted by molar-refractivity contribution is 0.625. The van der Waals surface area contributed by atoms with E-state index in [1.807, 2.05) is 13.0 Å². The summed E-state index contributed by atoms with van der Waals surface area (Å²) in [6.07, 6.45) is 1.72. The Morgan fingerprint density at radius 2 is 1.94 bits per heavy atom. The van der Waals surface area contributed by atoms with Gasteiger partial charge in [-0.15, -0.1) is 0 Å². The number of hydrogen-bond acceptors (Lipinski definition) is 2. The average molecular weight is 233 g/mol. The first kappa shape index (κ1) is 11.6. The fraction of sp³-hybridized carbons (Fsp3) is 0.308. The van der Waals surface area contributed by atoms with E-state index in [0.717, 1.165) is 24.2 Å². The van der Waals surface area contributed by atoms with E-state index in [1.165, 1.54) is 12.1 Å². The molecular formula is C13H16FN3. The summed E-state index contributed by atoms with van der Waals surface area (Å²) in [5.74, 6) is -0.337. The summed E-state index contributed by atoms with van der Waals surface area (Å²) >= 11 is 0. The van der Waals surface area contributed by atoms with E-state index in [1.54, 1.807) is 10.7 Å². The van der Waals surface area contributed by atoms with Gasteiger partial charge in [-0.05, 0) is 37.1 Å². The van der Waals surface area contributed by atoms with Gasteiger partial charge >= 0.3 is 0 Å². The fourth-order valence-corrected chi connectivity index (χ4v) is 1.84. The summed E-state index contributed by atoms with van der Waals surface area (Å²) in [7, 11) is 0. The Bertz CT molecular complexity index is 511. The number of nitrogen functional groups attached to an aromatic ring is 1. The molecule has 0 saturated carbocycles. The van der Waals surface area contributed by atoms with Crippen LogP contribution in [-0.4, -0.2) is 9.78 Å². The van der Waals surface area contributed by atoms with Crippen molar-refractivity contribution >= 4 is 5.69 Å². The van der Waals surface area contributed by atoms with E-state index in [0.29, 0.717) is 11.4 Å². The predicted molar refractivity (Wildman–Crippen MR) is 66.7 cm³/mol. The Kier molecular flexibility index (Phi) is 3.13.